The predicted molar refractivity (Wildman–Crippen MR) is 11.5 cm³/mol. The van der Waals surface area contributed by atoms with Gasteiger partial charge >= 0.3 is 23.8 Å². The minimum Gasteiger partial charge on any atom is -0.356 e. The summed E-state index contributed by atoms with van der Waals surface area (Å²) in [5, 5.41) is 14.8. The van der Waals surface area contributed by atoms with E-state index in [2.05, 4.69) is 0 Å². The molecule has 0 radical (unpaired) electrons. The van der Waals surface area contributed by atoms with Crippen LogP contribution in [0, 0.1) is 15.3 Å². The second kappa shape index (κ2) is 3.94. The summed E-state index contributed by atoms with van der Waals surface area (Å²) in [7, 11) is 0. The van der Waals surface area contributed by atoms with E-state index in [4.69, 9.17) is 15.3 Å². The summed E-state index contributed by atoms with van der Waals surface area (Å²) in [5.41, 5.74) is 0. The van der Waals surface area contributed by atoms with E-state index in [1.807, 2.05) is 0 Å². The third-order valence-corrected chi connectivity index (χ3v) is 0. The Labute approximate surface area is 44.9 Å². The second-order valence-corrected chi connectivity index (χ2v) is 0.224. The molecule has 0 spiro atoms. The van der Waals surface area contributed by atoms with E-state index in [0.29, 0.717) is 0 Å². The van der Waals surface area contributed by atoms with Crippen LogP contribution in [-0.4, -0.2) is 5.09 Å². The van der Waals surface area contributed by atoms with Gasteiger partial charge in [0.1, 0.15) is 0 Å². The van der Waals surface area contributed by atoms with Crippen LogP contribution in [-0.2, 0) is 22.4 Å². The van der Waals surface area contributed by atoms with E-state index < -0.39 is 5.09 Å². The van der Waals surface area contributed by atoms with Gasteiger partial charge < -0.3 is 15.3 Å². The quantitative estimate of drug-likeness (QED) is 0.346. The molecule has 4 nitrogen and oxygen atoms in total. The summed E-state index contributed by atoms with van der Waals surface area (Å²) >= 11 is 0. The van der Waals surface area contributed by atoms with E-state index in [1.54, 1.807) is 0 Å². The van der Waals surface area contributed by atoms with Crippen LogP contribution in [0.4, 0.5) is 0 Å². The number of nitrogens with zero attached hydrogens (tertiary/aromatic N) is 1. The summed E-state index contributed by atoms with van der Waals surface area (Å²) in [6, 6.07) is 0. The molecule has 0 aromatic heterocycles. The van der Waals surface area contributed by atoms with Crippen molar-refractivity contribution in [2.45, 2.75) is 0 Å². The van der Waals surface area contributed by atoms with Gasteiger partial charge in [-0.1, -0.05) is 0 Å². The molecular weight excluding hydrogens is 259 g/mol. The predicted octanol–water partition coefficient (Wildman–Crippen LogP) is -0.129. The summed E-state index contributed by atoms with van der Waals surface area (Å²) in [6.45, 7) is 0. The zero-order valence-corrected chi connectivity index (χ0v) is 4.14. The smallest absolute Gasteiger partial charge is 0.356 e. The molecule has 5 heavy (non-hydrogen) atoms. The Kier molecular flexibility index (Phi) is 6.99. The van der Waals surface area contributed by atoms with Gasteiger partial charge in [0.25, 0.3) is 0 Å². The maximum Gasteiger partial charge on any atom is 3.00 e. The largest absolute Gasteiger partial charge is 3.00 e. The van der Waals surface area contributed by atoms with Gasteiger partial charge in [0, 0.05) is 0 Å². The van der Waals surface area contributed by atoms with Crippen molar-refractivity contribution in [1.29, 1.82) is 0 Å². The first-order chi connectivity index (χ1) is 1.73. The molecule has 0 aliphatic carbocycles. The summed E-state index contributed by atoms with van der Waals surface area (Å²) < 4.78 is 0. The van der Waals surface area contributed by atoms with E-state index in [0.717, 1.165) is 0 Å². The number of hydrogen-bond donors (Lipinski definition) is 0. The zero-order chi connectivity index (χ0) is 3.58. The monoisotopic (exact) mass is 260 g/mol. The fraction of sp³-hybridized carbons (Fsp3) is 0. The summed E-state index contributed by atoms with van der Waals surface area (Å²) in [4.78, 5) is 8.25. The first-order valence-electron chi connectivity index (χ1n) is 0.548. The zero-order valence-electron chi connectivity index (χ0n) is 2.97. The molecule has 0 saturated carbocycles. The molecular formula is HAuNO3+3. The van der Waals surface area contributed by atoms with Crippen LogP contribution in [0.1, 0.15) is 1.43 Å². The Morgan fingerprint density at radius 3 is 1.60 bits per heavy atom. The first kappa shape index (κ1) is 8.87. The third-order valence-electron chi connectivity index (χ3n) is 0. The van der Waals surface area contributed by atoms with Crippen molar-refractivity contribution < 1.29 is 28.9 Å². The van der Waals surface area contributed by atoms with Crippen molar-refractivity contribution in [3.8, 4) is 0 Å². The van der Waals surface area contributed by atoms with Crippen molar-refractivity contribution in [3.05, 3.63) is 15.3 Å². The van der Waals surface area contributed by atoms with Crippen LogP contribution < -0.4 is 0 Å². The molecule has 0 aromatic rings. The number of hydrogen-bond acceptors (Lipinski definition) is 3. The molecule has 0 aliphatic heterocycles. The van der Waals surface area contributed by atoms with Gasteiger partial charge in [0.2, 0.25) is 0 Å². The van der Waals surface area contributed by atoms with Crippen LogP contribution in [0.15, 0.2) is 0 Å². The van der Waals surface area contributed by atoms with E-state index in [-0.39, 0.29) is 23.8 Å². The Balaban J connectivity index is -0.0000000450. The molecule has 0 amide bonds. The van der Waals surface area contributed by atoms with Gasteiger partial charge in [-0.25, -0.2) is 0 Å². The SMILES string of the molecule is O=[N+]([O-])[O-].[Au+3].[H+]. The molecule has 0 rings (SSSR count). The average molecular weight is 260 g/mol. The van der Waals surface area contributed by atoms with Crippen molar-refractivity contribution in [2.24, 2.45) is 0 Å². The molecule has 0 N–H and O–H groups in total. The standard InChI is InChI=1S/Au.NO3/c;2-1(3)4/q+3;-1/p+1. The van der Waals surface area contributed by atoms with Crippen LogP contribution in [0.3, 0.4) is 0 Å². The summed E-state index contributed by atoms with van der Waals surface area (Å²) in [5.74, 6) is 0. The Morgan fingerprint density at radius 2 is 1.60 bits per heavy atom. The van der Waals surface area contributed by atoms with Gasteiger partial charge in [-0.3, -0.25) is 0 Å². The molecule has 0 unspecified atom stereocenters. The normalized spacial score (nSPS) is 4.80. The molecule has 0 bridgehead atoms. The second-order valence-electron chi connectivity index (χ2n) is 0.224. The third kappa shape index (κ3) is 4160. The topological polar surface area (TPSA) is 66.2 Å². The van der Waals surface area contributed by atoms with Gasteiger partial charge in [0.05, 0.1) is 5.09 Å². The molecule has 0 aliphatic rings. The van der Waals surface area contributed by atoms with Gasteiger partial charge in [-0.15, -0.1) is 0 Å². The summed E-state index contributed by atoms with van der Waals surface area (Å²) in [6.07, 6.45) is 0. The molecule has 32 valence electrons. The Morgan fingerprint density at radius 1 is 1.60 bits per heavy atom. The van der Waals surface area contributed by atoms with E-state index in [1.165, 1.54) is 0 Å². The van der Waals surface area contributed by atoms with Gasteiger partial charge in [-0.05, 0) is 0 Å². The van der Waals surface area contributed by atoms with Crippen molar-refractivity contribution >= 4 is 0 Å². The van der Waals surface area contributed by atoms with Crippen molar-refractivity contribution in [2.75, 3.05) is 0 Å². The minimum absolute atomic E-state index is 0. The fourth-order valence-corrected chi connectivity index (χ4v) is 0. The molecule has 0 heterocycles. The van der Waals surface area contributed by atoms with Crippen molar-refractivity contribution in [3.63, 3.8) is 0 Å². The van der Waals surface area contributed by atoms with Gasteiger partial charge in [0.15, 0.2) is 0 Å². The molecule has 0 atom stereocenters. The van der Waals surface area contributed by atoms with Crippen LogP contribution in [0.25, 0.3) is 0 Å². The van der Waals surface area contributed by atoms with Crippen LogP contribution in [0.2, 0.25) is 0 Å². The number of rotatable bonds is 0. The maximum absolute atomic E-state index is 8.25. The molecule has 5 heteroatoms. The minimum atomic E-state index is -1.75. The average Bonchev–Trinajstić information content (AvgIpc) is 0.811. The first-order valence-corrected chi connectivity index (χ1v) is 0.548. The van der Waals surface area contributed by atoms with Crippen molar-refractivity contribution in [1.82, 2.24) is 0 Å². The Hall–Kier alpha value is -0.0597. The molecule has 0 saturated heterocycles. The van der Waals surface area contributed by atoms with Crippen LogP contribution in [0.5, 0.6) is 0 Å². The maximum atomic E-state index is 8.25. The van der Waals surface area contributed by atoms with E-state index >= 15 is 0 Å². The van der Waals surface area contributed by atoms with Gasteiger partial charge in [-0.2, -0.15) is 0 Å². The fourth-order valence-electron chi connectivity index (χ4n) is 0. The molecule has 0 fully saturated rings. The van der Waals surface area contributed by atoms with Crippen LogP contribution >= 0.6 is 0 Å². The van der Waals surface area contributed by atoms with E-state index in [9.17, 15) is 0 Å². The Bertz CT molecular complexity index is 33.8. The molecule has 0 aromatic carbocycles.